The number of benzene rings is 1. The van der Waals surface area contributed by atoms with Crippen molar-refractivity contribution in [3.8, 4) is 0 Å². The molecule has 0 aliphatic carbocycles. The van der Waals surface area contributed by atoms with Crippen LogP contribution in [0.25, 0.3) is 0 Å². The number of carbonyl (C=O) groups is 2. The van der Waals surface area contributed by atoms with Gasteiger partial charge in [-0.3, -0.25) is 9.59 Å². The standard InChI is InChI=1S/C13H16N2O3/c14-12(16)9-1-3-10(4-2-9)13(17)15-11-5-7-18-8-6-11/h1-4,11H,5-8H2,(H2,14,16)(H,15,17). The van der Waals surface area contributed by atoms with Gasteiger partial charge in [0.05, 0.1) is 0 Å². The van der Waals surface area contributed by atoms with E-state index in [0.717, 1.165) is 12.8 Å². The average molecular weight is 248 g/mol. The van der Waals surface area contributed by atoms with Crippen LogP contribution in [0.3, 0.4) is 0 Å². The molecule has 18 heavy (non-hydrogen) atoms. The molecule has 3 N–H and O–H groups in total. The molecule has 1 aromatic carbocycles. The highest BCUT2D eigenvalue weighted by Crippen LogP contribution is 2.09. The molecule has 5 heteroatoms. The summed E-state index contributed by atoms with van der Waals surface area (Å²) in [5, 5.41) is 2.95. The van der Waals surface area contributed by atoms with Gasteiger partial charge >= 0.3 is 0 Å². The first-order valence-electron chi connectivity index (χ1n) is 5.95. The Morgan fingerprint density at radius 2 is 1.67 bits per heavy atom. The third-order valence-corrected chi connectivity index (χ3v) is 2.99. The molecule has 2 rings (SSSR count). The molecule has 1 aromatic rings. The van der Waals surface area contributed by atoms with Gasteiger partial charge in [-0.15, -0.1) is 0 Å². The van der Waals surface area contributed by atoms with Gasteiger partial charge in [-0.05, 0) is 37.1 Å². The van der Waals surface area contributed by atoms with Gasteiger partial charge in [0.25, 0.3) is 5.91 Å². The monoisotopic (exact) mass is 248 g/mol. The summed E-state index contributed by atoms with van der Waals surface area (Å²) in [5.41, 5.74) is 6.07. The van der Waals surface area contributed by atoms with Crippen molar-refractivity contribution in [1.82, 2.24) is 5.32 Å². The van der Waals surface area contributed by atoms with E-state index in [0.29, 0.717) is 24.3 Å². The molecule has 1 saturated heterocycles. The molecule has 0 unspecified atom stereocenters. The summed E-state index contributed by atoms with van der Waals surface area (Å²) in [6.45, 7) is 1.37. The van der Waals surface area contributed by atoms with Crippen molar-refractivity contribution in [3.63, 3.8) is 0 Å². The van der Waals surface area contributed by atoms with Crippen molar-refractivity contribution in [2.24, 2.45) is 5.73 Å². The van der Waals surface area contributed by atoms with E-state index >= 15 is 0 Å². The Labute approximate surface area is 105 Å². The highest BCUT2D eigenvalue weighted by molar-refractivity contribution is 5.97. The molecule has 5 nitrogen and oxygen atoms in total. The van der Waals surface area contributed by atoms with E-state index in [1.165, 1.54) is 0 Å². The highest BCUT2D eigenvalue weighted by atomic mass is 16.5. The molecule has 1 aliphatic heterocycles. The fraction of sp³-hybridized carbons (Fsp3) is 0.385. The van der Waals surface area contributed by atoms with Gasteiger partial charge in [-0.1, -0.05) is 0 Å². The summed E-state index contributed by atoms with van der Waals surface area (Å²) in [7, 11) is 0. The van der Waals surface area contributed by atoms with Crippen LogP contribution in [0.4, 0.5) is 0 Å². The third kappa shape index (κ3) is 3.07. The van der Waals surface area contributed by atoms with Crippen molar-refractivity contribution in [1.29, 1.82) is 0 Å². The van der Waals surface area contributed by atoms with E-state index in [2.05, 4.69) is 5.32 Å². The Hall–Kier alpha value is -1.88. The lowest BCUT2D eigenvalue weighted by Crippen LogP contribution is -2.38. The molecule has 0 aromatic heterocycles. The number of hydrogen-bond donors (Lipinski definition) is 2. The van der Waals surface area contributed by atoms with Crippen LogP contribution in [0.1, 0.15) is 33.6 Å². The normalized spacial score (nSPS) is 16.2. The molecule has 0 atom stereocenters. The molecule has 1 fully saturated rings. The average Bonchev–Trinajstić information content (AvgIpc) is 2.40. The highest BCUT2D eigenvalue weighted by Gasteiger charge is 2.16. The van der Waals surface area contributed by atoms with Gasteiger partial charge in [0, 0.05) is 30.4 Å². The number of hydrogen-bond acceptors (Lipinski definition) is 3. The van der Waals surface area contributed by atoms with E-state index in [-0.39, 0.29) is 11.9 Å². The predicted molar refractivity (Wildman–Crippen MR) is 66.3 cm³/mol. The second-order valence-corrected chi connectivity index (χ2v) is 4.30. The summed E-state index contributed by atoms with van der Waals surface area (Å²) < 4.78 is 5.23. The van der Waals surface area contributed by atoms with Gasteiger partial charge in [-0.25, -0.2) is 0 Å². The Balaban J connectivity index is 1.97. The van der Waals surface area contributed by atoms with E-state index in [1.807, 2.05) is 0 Å². The van der Waals surface area contributed by atoms with Crippen LogP contribution in [-0.2, 0) is 4.74 Å². The van der Waals surface area contributed by atoms with Crippen LogP contribution in [0.5, 0.6) is 0 Å². The topological polar surface area (TPSA) is 81.4 Å². The number of primary amides is 1. The lowest BCUT2D eigenvalue weighted by atomic mass is 10.1. The van der Waals surface area contributed by atoms with E-state index < -0.39 is 5.91 Å². The molecule has 0 bridgehead atoms. The first-order valence-corrected chi connectivity index (χ1v) is 5.95. The molecule has 2 amide bonds. The first-order chi connectivity index (χ1) is 8.66. The van der Waals surface area contributed by atoms with Crippen molar-refractivity contribution >= 4 is 11.8 Å². The molecule has 0 radical (unpaired) electrons. The number of nitrogens with one attached hydrogen (secondary N) is 1. The van der Waals surface area contributed by atoms with E-state index in [1.54, 1.807) is 24.3 Å². The molecule has 0 spiro atoms. The minimum Gasteiger partial charge on any atom is -0.381 e. The molecule has 1 heterocycles. The minimum absolute atomic E-state index is 0.127. The van der Waals surface area contributed by atoms with Crippen molar-refractivity contribution < 1.29 is 14.3 Å². The minimum atomic E-state index is -0.494. The van der Waals surface area contributed by atoms with Gasteiger partial charge in [0.2, 0.25) is 5.91 Å². The lowest BCUT2D eigenvalue weighted by Gasteiger charge is -2.23. The predicted octanol–water partition coefficient (Wildman–Crippen LogP) is 0.694. The molecular formula is C13H16N2O3. The summed E-state index contributed by atoms with van der Waals surface area (Å²) >= 11 is 0. The summed E-state index contributed by atoms with van der Waals surface area (Å²) in [6.07, 6.45) is 1.68. The van der Waals surface area contributed by atoms with Crippen LogP contribution in [0.15, 0.2) is 24.3 Å². The molecule has 1 aliphatic rings. The van der Waals surface area contributed by atoms with Crippen molar-refractivity contribution in [2.45, 2.75) is 18.9 Å². The number of nitrogens with two attached hydrogens (primary N) is 1. The Morgan fingerprint density at radius 1 is 1.11 bits per heavy atom. The maximum Gasteiger partial charge on any atom is 0.251 e. The maximum atomic E-state index is 11.9. The number of ether oxygens (including phenoxy) is 1. The summed E-state index contributed by atoms with van der Waals surface area (Å²) in [4.78, 5) is 22.8. The van der Waals surface area contributed by atoms with Crippen molar-refractivity contribution in [2.75, 3.05) is 13.2 Å². The van der Waals surface area contributed by atoms with Crippen LogP contribution in [0.2, 0.25) is 0 Å². The zero-order valence-corrected chi connectivity index (χ0v) is 10.0. The van der Waals surface area contributed by atoms with E-state index in [4.69, 9.17) is 10.5 Å². The first kappa shape index (κ1) is 12.6. The van der Waals surface area contributed by atoms with Gasteiger partial charge in [0.1, 0.15) is 0 Å². The maximum absolute atomic E-state index is 11.9. The fourth-order valence-corrected chi connectivity index (χ4v) is 1.90. The smallest absolute Gasteiger partial charge is 0.251 e. The quantitative estimate of drug-likeness (QED) is 0.826. The summed E-state index contributed by atoms with van der Waals surface area (Å²) in [6, 6.07) is 6.49. The van der Waals surface area contributed by atoms with Crippen LogP contribution in [0, 0.1) is 0 Å². The Morgan fingerprint density at radius 3 is 2.22 bits per heavy atom. The zero-order valence-electron chi connectivity index (χ0n) is 10.0. The van der Waals surface area contributed by atoms with Crippen LogP contribution < -0.4 is 11.1 Å². The SMILES string of the molecule is NC(=O)c1ccc(C(=O)NC2CCOCC2)cc1. The molecular weight excluding hydrogens is 232 g/mol. The third-order valence-electron chi connectivity index (χ3n) is 2.99. The largest absolute Gasteiger partial charge is 0.381 e. The van der Waals surface area contributed by atoms with Crippen molar-refractivity contribution in [3.05, 3.63) is 35.4 Å². The van der Waals surface area contributed by atoms with Crippen LogP contribution in [-0.4, -0.2) is 31.1 Å². The molecule has 0 saturated carbocycles. The van der Waals surface area contributed by atoms with Gasteiger partial charge in [-0.2, -0.15) is 0 Å². The van der Waals surface area contributed by atoms with Crippen LogP contribution >= 0.6 is 0 Å². The van der Waals surface area contributed by atoms with Gasteiger partial charge < -0.3 is 15.8 Å². The fourth-order valence-electron chi connectivity index (χ4n) is 1.90. The summed E-state index contributed by atoms with van der Waals surface area (Å²) in [5.74, 6) is -0.621. The second-order valence-electron chi connectivity index (χ2n) is 4.30. The Kier molecular flexibility index (Phi) is 3.94. The lowest BCUT2D eigenvalue weighted by molar-refractivity contribution is 0.0696. The Bertz CT molecular complexity index is 436. The zero-order chi connectivity index (χ0) is 13.0. The number of amides is 2. The molecule has 96 valence electrons. The number of rotatable bonds is 3. The second kappa shape index (κ2) is 5.64. The van der Waals surface area contributed by atoms with Gasteiger partial charge in [0.15, 0.2) is 0 Å². The number of carbonyl (C=O) groups excluding carboxylic acids is 2. The van der Waals surface area contributed by atoms with E-state index in [9.17, 15) is 9.59 Å².